The lowest BCUT2D eigenvalue weighted by molar-refractivity contribution is -0.147. The van der Waals surface area contributed by atoms with Crippen molar-refractivity contribution in [1.82, 2.24) is 10.2 Å². The van der Waals surface area contributed by atoms with E-state index in [1.165, 1.54) is 0 Å². The topological polar surface area (TPSA) is 67.9 Å². The zero-order chi connectivity index (χ0) is 15.1. The number of nitrogens with one attached hydrogen (secondary N) is 1. The van der Waals surface area contributed by atoms with Crippen LogP contribution in [0.3, 0.4) is 0 Å². The fraction of sp³-hybridized carbons (Fsp3) is 0.857. The van der Waals surface area contributed by atoms with Gasteiger partial charge in [-0.25, -0.2) is 0 Å². The molecule has 116 valence electrons. The zero-order valence-corrected chi connectivity index (χ0v) is 12.8. The summed E-state index contributed by atoms with van der Waals surface area (Å²) < 4.78 is 10.4. The molecule has 2 atom stereocenters. The molecule has 0 aromatic rings. The van der Waals surface area contributed by atoms with Crippen LogP contribution < -0.4 is 5.32 Å². The number of rotatable bonds is 6. The summed E-state index contributed by atoms with van der Waals surface area (Å²) in [6.45, 7) is 9.56. The summed E-state index contributed by atoms with van der Waals surface area (Å²) in [6.07, 6.45) is 0.291. The van der Waals surface area contributed by atoms with Crippen LogP contribution in [-0.4, -0.2) is 61.3 Å². The van der Waals surface area contributed by atoms with Crippen LogP contribution in [0.25, 0.3) is 0 Å². The maximum absolute atomic E-state index is 12.2. The molecule has 6 heteroatoms. The molecule has 0 aromatic carbocycles. The van der Waals surface area contributed by atoms with Gasteiger partial charge in [-0.2, -0.15) is 0 Å². The summed E-state index contributed by atoms with van der Waals surface area (Å²) in [7, 11) is 0. The van der Waals surface area contributed by atoms with Gasteiger partial charge in [0.2, 0.25) is 5.91 Å². The van der Waals surface area contributed by atoms with Gasteiger partial charge in [-0.3, -0.25) is 14.5 Å². The molecule has 6 nitrogen and oxygen atoms in total. The molecule has 0 spiro atoms. The summed E-state index contributed by atoms with van der Waals surface area (Å²) in [5.41, 5.74) is 0. The van der Waals surface area contributed by atoms with Gasteiger partial charge in [0.1, 0.15) is 6.04 Å². The van der Waals surface area contributed by atoms with Crippen LogP contribution in [0.4, 0.5) is 0 Å². The molecule has 1 N–H and O–H groups in total. The third kappa shape index (κ3) is 5.09. The summed E-state index contributed by atoms with van der Waals surface area (Å²) >= 11 is 0. The van der Waals surface area contributed by atoms with Crippen LogP contribution in [0.1, 0.15) is 34.1 Å². The number of ether oxygens (including phenoxy) is 2. The molecule has 0 aliphatic carbocycles. The van der Waals surface area contributed by atoms with E-state index in [4.69, 9.17) is 9.47 Å². The molecule has 0 aromatic heterocycles. The second-order valence-corrected chi connectivity index (χ2v) is 5.35. The summed E-state index contributed by atoms with van der Waals surface area (Å²) in [4.78, 5) is 25.8. The van der Waals surface area contributed by atoms with Gasteiger partial charge in [0.15, 0.2) is 0 Å². The summed E-state index contributed by atoms with van der Waals surface area (Å²) in [5, 5.41) is 2.90. The van der Waals surface area contributed by atoms with Gasteiger partial charge >= 0.3 is 5.97 Å². The number of carbonyl (C=O) groups is 2. The first-order chi connectivity index (χ1) is 9.45. The maximum Gasteiger partial charge on any atom is 0.307 e. The van der Waals surface area contributed by atoms with E-state index in [1.54, 1.807) is 6.92 Å². The van der Waals surface area contributed by atoms with Gasteiger partial charge in [-0.05, 0) is 27.7 Å². The third-order valence-electron chi connectivity index (χ3n) is 3.24. The lowest BCUT2D eigenvalue weighted by Gasteiger charge is -2.38. The Labute approximate surface area is 120 Å². The van der Waals surface area contributed by atoms with Crippen LogP contribution in [0.15, 0.2) is 0 Å². The Bertz CT molecular complexity index is 333. The second kappa shape index (κ2) is 8.21. The minimum Gasteiger partial charge on any atom is -0.466 e. The number of amides is 1. The largest absolute Gasteiger partial charge is 0.466 e. The molecular weight excluding hydrogens is 260 g/mol. The predicted octanol–water partition coefficient (Wildman–Crippen LogP) is 0.554. The van der Waals surface area contributed by atoms with Gasteiger partial charge in [0.05, 0.1) is 26.2 Å². The number of hydrogen-bond acceptors (Lipinski definition) is 5. The highest BCUT2D eigenvalue weighted by molar-refractivity contribution is 5.82. The monoisotopic (exact) mass is 286 g/mol. The molecule has 1 fully saturated rings. The number of morpholine rings is 1. The number of nitrogens with zero attached hydrogens (tertiary/aromatic N) is 1. The Kier molecular flexibility index (Phi) is 6.95. The second-order valence-electron chi connectivity index (χ2n) is 5.35. The highest BCUT2D eigenvalue weighted by Crippen LogP contribution is 2.14. The van der Waals surface area contributed by atoms with Crippen LogP contribution in [0.5, 0.6) is 0 Å². The Balaban J connectivity index is 2.63. The average Bonchev–Trinajstić information content (AvgIpc) is 2.38. The van der Waals surface area contributed by atoms with E-state index in [9.17, 15) is 9.59 Å². The van der Waals surface area contributed by atoms with E-state index in [2.05, 4.69) is 5.32 Å². The minimum absolute atomic E-state index is 0.0409. The Morgan fingerprint density at radius 2 is 2.10 bits per heavy atom. The first-order valence-electron chi connectivity index (χ1n) is 7.25. The summed E-state index contributed by atoms with van der Waals surface area (Å²) in [6, 6.07) is -0.289. The van der Waals surface area contributed by atoms with Crippen molar-refractivity contribution in [3.63, 3.8) is 0 Å². The quantitative estimate of drug-likeness (QED) is 0.722. The van der Waals surface area contributed by atoms with Crippen molar-refractivity contribution < 1.29 is 19.1 Å². The van der Waals surface area contributed by atoms with Crippen LogP contribution in [0, 0.1) is 0 Å². The molecule has 0 bridgehead atoms. The standard InChI is InChI=1S/C14H26N2O4/c1-5-20-13(17)8-11(4)16-6-7-19-9-12(16)14(18)15-10(2)3/h10-12H,5-9H2,1-4H3,(H,15,18). The third-order valence-corrected chi connectivity index (χ3v) is 3.24. The summed E-state index contributed by atoms with van der Waals surface area (Å²) in [5.74, 6) is -0.273. The minimum atomic E-state index is -0.337. The lowest BCUT2D eigenvalue weighted by atomic mass is 10.1. The average molecular weight is 286 g/mol. The molecule has 1 amide bonds. The molecule has 0 saturated carbocycles. The fourth-order valence-corrected chi connectivity index (χ4v) is 2.33. The molecule has 1 heterocycles. The molecule has 1 saturated heterocycles. The Hall–Kier alpha value is -1.14. The van der Waals surface area contributed by atoms with E-state index in [0.717, 1.165) is 0 Å². The fourth-order valence-electron chi connectivity index (χ4n) is 2.33. The predicted molar refractivity (Wildman–Crippen MR) is 75.3 cm³/mol. The molecular formula is C14H26N2O4. The molecule has 0 radical (unpaired) electrons. The van der Waals surface area contributed by atoms with Crippen LogP contribution >= 0.6 is 0 Å². The maximum atomic E-state index is 12.2. The van der Waals surface area contributed by atoms with Gasteiger partial charge in [-0.1, -0.05) is 0 Å². The SMILES string of the molecule is CCOC(=O)CC(C)N1CCOCC1C(=O)NC(C)C. The van der Waals surface area contributed by atoms with Gasteiger partial charge in [0.25, 0.3) is 0 Å². The Morgan fingerprint density at radius 3 is 2.70 bits per heavy atom. The molecule has 1 aliphatic rings. The van der Waals surface area contributed by atoms with Crippen molar-refractivity contribution in [3.05, 3.63) is 0 Å². The van der Waals surface area contributed by atoms with Crippen molar-refractivity contribution >= 4 is 11.9 Å². The van der Waals surface area contributed by atoms with Crippen molar-refractivity contribution in [2.24, 2.45) is 0 Å². The van der Waals surface area contributed by atoms with E-state index < -0.39 is 0 Å². The van der Waals surface area contributed by atoms with E-state index in [1.807, 2.05) is 25.7 Å². The molecule has 1 rings (SSSR count). The Morgan fingerprint density at radius 1 is 1.40 bits per heavy atom. The molecule has 1 aliphatic heterocycles. The van der Waals surface area contributed by atoms with Gasteiger partial charge in [0, 0.05) is 18.6 Å². The van der Waals surface area contributed by atoms with Crippen LogP contribution in [-0.2, 0) is 19.1 Å². The van der Waals surface area contributed by atoms with Gasteiger partial charge in [-0.15, -0.1) is 0 Å². The molecule has 2 unspecified atom stereocenters. The van der Waals surface area contributed by atoms with Crippen molar-refractivity contribution in [1.29, 1.82) is 0 Å². The lowest BCUT2D eigenvalue weighted by Crippen LogP contribution is -2.57. The van der Waals surface area contributed by atoms with E-state index >= 15 is 0 Å². The van der Waals surface area contributed by atoms with E-state index in [0.29, 0.717) is 32.8 Å². The normalized spacial score (nSPS) is 21.6. The first-order valence-corrected chi connectivity index (χ1v) is 7.25. The van der Waals surface area contributed by atoms with Gasteiger partial charge < -0.3 is 14.8 Å². The van der Waals surface area contributed by atoms with Crippen molar-refractivity contribution in [2.45, 2.75) is 52.2 Å². The number of hydrogen-bond donors (Lipinski definition) is 1. The van der Waals surface area contributed by atoms with Crippen molar-refractivity contribution in [2.75, 3.05) is 26.4 Å². The number of carbonyl (C=O) groups excluding carboxylic acids is 2. The van der Waals surface area contributed by atoms with Crippen LogP contribution in [0.2, 0.25) is 0 Å². The van der Waals surface area contributed by atoms with Crippen molar-refractivity contribution in [3.8, 4) is 0 Å². The highest BCUT2D eigenvalue weighted by atomic mass is 16.5. The van der Waals surface area contributed by atoms with E-state index in [-0.39, 0.29) is 30.0 Å². The molecule has 20 heavy (non-hydrogen) atoms. The highest BCUT2D eigenvalue weighted by Gasteiger charge is 2.33. The first kappa shape index (κ1) is 16.9. The number of esters is 1. The smallest absolute Gasteiger partial charge is 0.307 e. The zero-order valence-electron chi connectivity index (χ0n) is 12.8.